The van der Waals surface area contributed by atoms with E-state index in [9.17, 15) is 4.79 Å². The number of carbonyl (C=O) groups is 1. The molecule has 1 aromatic carbocycles. The average Bonchev–Trinajstić information content (AvgIpc) is 2.29. The summed E-state index contributed by atoms with van der Waals surface area (Å²) in [6.07, 6.45) is 3.19. The third kappa shape index (κ3) is 2.09. The minimum atomic E-state index is -0.261. The van der Waals surface area contributed by atoms with E-state index in [1.807, 2.05) is 25.1 Å². The van der Waals surface area contributed by atoms with E-state index in [0.717, 1.165) is 24.8 Å². The zero-order valence-electron chi connectivity index (χ0n) is 9.53. The maximum Gasteiger partial charge on any atom is 0.338 e. The van der Waals surface area contributed by atoms with Crippen molar-refractivity contribution in [2.24, 2.45) is 5.73 Å². The van der Waals surface area contributed by atoms with Crippen molar-refractivity contribution in [2.75, 3.05) is 6.61 Å². The fraction of sp³-hybridized carbons (Fsp3) is 0.462. The molecule has 2 rings (SSSR count). The number of aryl methyl sites for hydroxylation is 1. The van der Waals surface area contributed by atoms with E-state index in [1.54, 1.807) is 0 Å². The van der Waals surface area contributed by atoms with Crippen LogP contribution in [0.4, 0.5) is 0 Å². The zero-order chi connectivity index (χ0) is 11.5. The van der Waals surface area contributed by atoms with Gasteiger partial charge in [-0.05, 0) is 49.4 Å². The molecule has 0 radical (unpaired) electrons. The third-order valence-electron chi connectivity index (χ3n) is 3.02. The summed E-state index contributed by atoms with van der Waals surface area (Å²) < 4.78 is 4.97. The molecule has 3 heteroatoms. The maximum absolute atomic E-state index is 11.6. The molecule has 16 heavy (non-hydrogen) atoms. The molecule has 0 aromatic heterocycles. The Morgan fingerprint density at radius 2 is 2.38 bits per heavy atom. The Morgan fingerprint density at radius 3 is 3.12 bits per heavy atom. The number of hydrogen-bond acceptors (Lipinski definition) is 3. The van der Waals surface area contributed by atoms with Crippen LogP contribution in [-0.4, -0.2) is 12.6 Å². The van der Waals surface area contributed by atoms with Gasteiger partial charge in [-0.2, -0.15) is 0 Å². The fourth-order valence-corrected chi connectivity index (χ4v) is 2.18. The van der Waals surface area contributed by atoms with Crippen molar-refractivity contribution in [3.63, 3.8) is 0 Å². The molecular weight excluding hydrogens is 202 g/mol. The minimum absolute atomic E-state index is 0.0677. The van der Waals surface area contributed by atoms with Gasteiger partial charge in [-0.1, -0.05) is 6.07 Å². The first-order valence-electron chi connectivity index (χ1n) is 5.78. The first kappa shape index (κ1) is 11.1. The van der Waals surface area contributed by atoms with Crippen LogP contribution in [0, 0.1) is 0 Å². The van der Waals surface area contributed by atoms with Crippen LogP contribution in [-0.2, 0) is 11.2 Å². The molecule has 1 unspecified atom stereocenters. The topological polar surface area (TPSA) is 52.3 Å². The first-order chi connectivity index (χ1) is 7.72. The van der Waals surface area contributed by atoms with Gasteiger partial charge in [-0.3, -0.25) is 0 Å². The molecule has 1 aliphatic carbocycles. The number of rotatable bonds is 2. The van der Waals surface area contributed by atoms with Crippen LogP contribution in [0.3, 0.4) is 0 Å². The molecule has 1 atom stereocenters. The van der Waals surface area contributed by atoms with Gasteiger partial charge in [-0.25, -0.2) is 4.79 Å². The van der Waals surface area contributed by atoms with Crippen molar-refractivity contribution < 1.29 is 9.53 Å². The number of ether oxygens (including phenoxy) is 1. The Hall–Kier alpha value is -1.35. The standard InChI is InChI=1S/C13H17NO2/c1-2-16-13(15)10-7-6-9-4-3-5-12(14)11(9)8-10/h6-8,12H,2-5,14H2,1H3. The molecule has 86 valence electrons. The number of hydrogen-bond donors (Lipinski definition) is 1. The van der Waals surface area contributed by atoms with Gasteiger partial charge in [0.2, 0.25) is 0 Å². The van der Waals surface area contributed by atoms with Gasteiger partial charge < -0.3 is 10.5 Å². The molecule has 0 fully saturated rings. The van der Waals surface area contributed by atoms with E-state index in [-0.39, 0.29) is 12.0 Å². The van der Waals surface area contributed by atoms with E-state index in [2.05, 4.69) is 0 Å². The van der Waals surface area contributed by atoms with E-state index in [0.29, 0.717) is 12.2 Å². The highest BCUT2D eigenvalue weighted by Gasteiger charge is 2.18. The monoisotopic (exact) mass is 219 g/mol. The van der Waals surface area contributed by atoms with Gasteiger partial charge in [0.25, 0.3) is 0 Å². The zero-order valence-corrected chi connectivity index (χ0v) is 9.53. The highest BCUT2D eigenvalue weighted by atomic mass is 16.5. The summed E-state index contributed by atoms with van der Waals surface area (Å²) in [5.41, 5.74) is 9.02. The van der Waals surface area contributed by atoms with Crippen LogP contribution in [0.2, 0.25) is 0 Å². The second-order valence-corrected chi connectivity index (χ2v) is 4.13. The molecule has 1 aromatic rings. The summed E-state index contributed by atoms with van der Waals surface area (Å²) in [5.74, 6) is -0.261. The van der Waals surface area contributed by atoms with E-state index < -0.39 is 0 Å². The predicted octanol–water partition coefficient (Wildman–Crippen LogP) is 2.20. The smallest absolute Gasteiger partial charge is 0.338 e. The first-order valence-corrected chi connectivity index (χ1v) is 5.78. The highest BCUT2D eigenvalue weighted by molar-refractivity contribution is 5.89. The van der Waals surface area contributed by atoms with E-state index in [1.165, 1.54) is 5.56 Å². The molecule has 0 saturated carbocycles. The maximum atomic E-state index is 11.6. The minimum Gasteiger partial charge on any atom is -0.462 e. The normalized spacial score (nSPS) is 19.0. The molecule has 0 spiro atoms. The van der Waals surface area contributed by atoms with Crippen molar-refractivity contribution in [2.45, 2.75) is 32.2 Å². The van der Waals surface area contributed by atoms with Gasteiger partial charge in [0.1, 0.15) is 0 Å². The van der Waals surface area contributed by atoms with Crippen molar-refractivity contribution in [3.05, 3.63) is 34.9 Å². The SMILES string of the molecule is CCOC(=O)c1ccc2c(c1)C(N)CCC2. The lowest BCUT2D eigenvalue weighted by Crippen LogP contribution is -2.18. The number of benzene rings is 1. The third-order valence-corrected chi connectivity index (χ3v) is 3.02. The summed E-state index contributed by atoms with van der Waals surface area (Å²) in [6.45, 7) is 2.21. The van der Waals surface area contributed by atoms with E-state index >= 15 is 0 Å². The van der Waals surface area contributed by atoms with Gasteiger partial charge in [0.15, 0.2) is 0 Å². The summed E-state index contributed by atoms with van der Waals surface area (Å²) in [4.78, 5) is 11.6. The van der Waals surface area contributed by atoms with Crippen LogP contribution >= 0.6 is 0 Å². The molecule has 1 aliphatic rings. The van der Waals surface area contributed by atoms with Crippen LogP contribution < -0.4 is 5.73 Å². The van der Waals surface area contributed by atoms with Crippen LogP contribution in [0.25, 0.3) is 0 Å². The average molecular weight is 219 g/mol. The van der Waals surface area contributed by atoms with E-state index in [4.69, 9.17) is 10.5 Å². The molecular formula is C13H17NO2. The second-order valence-electron chi connectivity index (χ2n) is 4.13. The van der Waals surface area contributed by atoms with Gasteiger partial charge in [-0.15, -0.1) is 0 Å². The lowest BCUT2D eigenvalue weighted by molar-refractivity contribution is 0.0526. The summed E-state index contributed by atoms with van der Waals surface area (Å²) >= 11 is 0. The van der Waals surface area contributed by atoms with Crippen molar-refractivity contribution in [1.29, 1.82) is 0 Å². The summed E-state index contributed by atoms with van der Waals surface area (Å²) in [7, 11) is 0. The van der Waals surface area contributed by atoms with Crippen LogP contribution in [0.1, 0.15) is 47.3 Å². The molecule has 0 aliphatic heterocycles. The Kier molecular flexibility index (Phi) is 3.25. The lowest BCUT2D eigenvalue weighted by atomic mass is 9.87. The molecule has 3 nitrogen and oxygen atoms in total. The lowest BCUT2D eigenvalue weighted by Gasteiger charge is -2.22. The fourth-order valence-electron chi connectivity index (χ4n) is 2.18. The Balaban J connectivity index is 2.30. The Labute approximate surface area is 95.6 Å². The molecule has 2 N–H and O–H groups in total. The highest BCUT2D eigenvalue weighted by Crippen LogP contribution is 2.28. The van der Waals surface area contributed by atoms with Crippen LogP contribution in [0.5, 0.6) is 0 Å². The van der Waals surface area contributed by atoms with Crippen molar-refractivity contribution in [1.82, 2.24) is 0 Å². The van der Waals surface area contributed by atoms with Gasteiger partial charge in [0, 0.05) is 6.04 Å². The summed E-state index contributed by atoms with van der Waals surface area (Å²) in [5, 5.41) is 0. The number of fused-ring (bicyclic) bond motifs is 1. The summed E-state index contributed by atoms with van der Waals surface area (Å²) in [6, 6.07) is 5.78. The molecule has 0 heterocycles. The number of carbonyl (C=O) groups excluding carboxylic acids is 1. The van der Waals surface area contributed by atoms with Crippen molar-refractivity contribution in [3.8, 4) is 0 Å². The van der Waals surface area contributed by atoms with Gasteiger partial charge >= 0.3 is 5.97 Å². The number of nitrogens with two attached hydrogens (primary N) is 1. The molecule has 0 bridgehead atoms. The quantitative estimate of drug-likeness (QED) is 0.776. The molecule has 0 amide bonds. The second kappa shape index (κ2) is 4.66. The van der Waals surface area contributed by atoms with Gasteiger partial charge in [0.05, 0.1) is 12.2 Å². The Morgan fingerprint density at radius 1 is 1.56 bits per heavy atom. The largest absolute Gasteiger partial charge is 0.462 e. The predicted molar refractivity (Wildman–Crippen MR) is 62.3 cm³/mol. The number of esters is 1. The van der Waals surface area contributed by atoms with Crippen LogP contribution in [0.15, 0.2) is 18.2 Å². The molecule has 0 saturated heterocycles. The van der Waals surface area contributed by atoms with Crippen molar-refractivity contribution >= 4 is 5.97 Å². The Bertz CT molecular complexity index is 401.